The topological polar surface area (TPSA) is 113 Å². The molecule has 1 saturated heterocycles. The lowest BCUT2D eigenvalue weighted by Gasteiger charge is -2.29. The summed E-state index contributed by atoms with van der Waals surface area (Å²) in [4.78, 5) is 14.8. The minimum absolute atomic E-state index is 0.117. The number of nitrogens with one attached hydrogen (secondary N) is 2. The first-order chi connectivity index (χ1) is 16.2. The second kappa shape index (κ2) is 9.80. The number of nitrogens with zero attached hydrogens (tertiary/aromatic N) is 4. The number of nitrogen functional groups attached to an aromatic ring is 1. The van der Waals surface area contributed by atoms with Gasteiger partial charge in [0.25, 0.3) is 0 Å². The molecule has 0 saturated carbocycles. The van der Waals surface area contributed by atoms with E-state index in [0.29, 0.717) is 33.8 Å². The van der Waals surface area contributed by atoms with Gasteiger partial charge in [-0.25, -0.2) is 15.0 Å². The van der Waals surface area contributed by atoms with E-state index in [2.05, 4.69) is 32.2 Å². The molecule has 0 atom stereocenters. The predicted molar refractivity (Wildman–Crippen MR) is 124 cm³/mol. The molecule has 11 heteroatoms. The summed E-state index contributed by atoms with van der Waals surface area (Å²) in [6.45, 7) is 1.42. The van der Waals surface area contributed by atoms with Crippen LogP contribution in [0.4, 0.5) is 24.8 Å². The Bertz CT molecular complexity index is 1180. The van der Waals surface area contributed by atoms with E-state index in [1.165, 1.54) is 12.4 Å². The maximum Gasteiger partial charge on any atom is 0.422 e. The lowest BCUT2D eigenvalue weighted by atomic mass is 9.97. The van der Waals surface area contributed by atoms with E-state index in [1.807, 2.05) is 0 Å². The normalized spacial score (nSPS) is 15.4. The van der Waals surface area contributed by atoms with Crippen molar-refractivity contribution in [3.63, 3.8) is 0 Å². The molecule has 0 unspecified atom stereocenters. The van der Waals surface area contributed by atoms with E-state index in [9.17, 15) is 13.2 Å². The number of halogens is 3. The largest absolute Gasteiger partial charge is 0.468 e. The van der Waals surface area contributed by atoms with Crippen molar-refractivity contribution in [2.75, 3.05) is 44.3 Å². The van der Waals surface area contributed by atoms with Crippen LogP contribution in [0.15, 0.2) is 36.7 Å². The van der Waals surface area contributed by atoms with Gasteiger partial charge in [0.1, 0.15) is 18.0 Å². The smallest absolute Gasteiger partial charge is 0.422 e. The van der Waals surface area contributed by atoms with Crippen molar-refractivity contribution in [1.29, 1.82) is 5.41 Å². The van der Waals surface area contributed by atoms with Crippen molar-refractivity contribution in [3.8, 4) is 5.88 Å². The Morgan fingerprint density at radius 1 is 1.21 bits per heavy atom. The highest BCUT2D eigenvalue weighted by Crippen LogP contribution is 2.26. The number of nitrogens with two attached hydrogens (primary N) is 1. The van der Waals surface area contributed by atoms with Crippen LogP contribution in [0.5, 0.6) is 5.88 Å². The van der Waals surface area contributed by atoms with E-state index < -0.39 is 12.8 Å². The van der Waals surface area contributed by atoms with E-state index in [1.54, 1.807) is 24.3 Å². The van der Waals surface area contributed by atoms with Crippen LogP contribution >= 0.6 is 0 Å². The van der Waals surface area contributed by atoms with E-state index in [-0.39, 0.29) is 17.4 Å². The van der Waals surface area contributed by atoms with Gasteiger partial charge in [-0.2, -0.15) is 13.2 Å². The number of fused-ring (bicyclic) bond motifs is 1. The maximum absolute atomic E-state index is 12.4. The number of hydrogen-bond acceptors (Lipinski definition) is 8. The summed E-state index contributed by atoms with van der Waals surface area (Å²) in [6, 6.07) is 8.00. The molecule has 34 heavy (non-hydrogen) atoms. The predicted octanol–water partition coefficient (Wildman–Crippen LogP) is 3.72. The molecular formula is C23H26F3N7O. The number of alkyl halides is 3. The lowest BCUT2D eigenvalue weighted by Crippen LogP contribution is -2.33. The first-order valence-corrected chi connectivity index (χ1v) is 10.9. The quantitative estimate of drug-likeness (QED) is 0.448. The molecule has 4 rings (SSSR count). The molecule has 8 nitrogen and oxygen atoms in total. The van der Waals surface area contributed by atoms with Crippen LogP contribution in [0.1, 0.15) is 24.0 Å². The van der Waals surface area contributed by atoms with Crippen LogP contribution in [0.2, 0.25) is 0 Å². The zero-order valence-electron chi connectivity index (χ0n) is 18.7. The zero-order valence-corrected chi connectivity index (χ0v) is 18.7. The first kappa shape index (κ1) is 23.7. The number of likely N-dealkylation sites (tertiary alicyclic amines) is 1. The third-order valence-corrected chi connectivity index (χ3v) is 5.86. The average Bonchev–Trinajstić information content (AvgIpc) is 2.81. The summed E-state index contributed by atoms with van der Waals surface area (Å²) in [5.41, 5.74) is 7.69. The molecule has 0 radical (unpaired) electrons. The molecule has 4 N–H and O–H groups in total. The molecule has 0 bridgehead atoms. The third kappa shape index (κ3) is 5.71. The van der Waals surface area contributed by atoms with Gasteiger partial charge < -0.3 is 20.7 Å². The first-order valence-electron chi connectivity index (χ1n) is 10.9. The van der Waals surface area contributed by atoms with Crippen LogP contribution in [0.25, 0.3) is 10.9 Å². The highest BCUT2D eigenvalue weighted by molar-refractivity contribution is 6.17. The highest BCUT2D eigenvalue weighted by atomic mass is 19.4. The van der Waals surface area contributed by atoms with E-state index >= 15 is 0 Å². The van der Waals surface area contributed by atoms with Crippen molar-refractivity contribution in [2.24, 2.45) is 5.92 Å². The number of aromatic nitrogens is 3. The van der Waals surface area contributed by atoms with Gasteiger partial charge in [0.2, 0.25) is 5.88 Å². The van der Waals surface area contributed by atoms with Gasteiger partial charge in [-0.1, -0.05) is 6.07 Å². The van der Waals surface area contributed by atoms with Gasteiger partial charge in [0, 0.05) is 23.6 Å². The molecule has 1 aliphatic rings. The Balaban J connectivity index is 1.53. The molecule has 3 aromatic rings. The fraction of sp³-hybridized carbons (Fsp3) is 0.391. The van der Waals surface area contributed by atoms with Gasteiger partial charge in [-0.15, -0.1) is 0 Å². The second-order valence-corrected chi connectivity index (χ2v) is 8.45. The summed E-state index contributed by atoms with van der Waals surface area (Å²) in [7, 11) is 2.11. The van der Waals surface area contributed by atoms with Crippen molar-refractivity contribution in [3.05, 3.63) is 47.8 Å². The maximum atomic E-state index is 12.4. The lowest BCUT2D eigenvalue weighted by molar-refractivity contribution is -0.154. The van der Waals surface area contributed by atoms with Crippen LogP contribution in [-0.4, -0.2) is 65.0 Å². The molecule has 1 aromatic carbocycles. The average molecular weight is 474 g/mol. The number of piperidine rings is 1. The van der Waals surface area contributed by atoms with Gasteiger partial charge in [-0.05, 0) is 57.1 Å². The zero-order chi connectivity index (χ0) is 24.3. The Kier molecular flexibility index (Phi) is 6.82. The van der Waals surface area contributed by atoms with Crippen molar-refractivity contribution in [1.82, 2.24) is 19.9 Å². The molecule has 2 aromatic heterocycles. The minimum atomic E-state index is -4.44. The standard InChI is InChI=1S/C23H26F3N7O/c1-33-8-6-14(7-9-33)11-29-22-19(21(28)30-13-31-22)20(27)16-2-4-17-15(10-16)3-5-18(32-17)34-12-23(24,25)26/h2-5,10,13-14,27H,6-9,11-12H2,1H3,(H3,28,29,30,31). The molecular weight excluding hydrogens is 447 g/mol. The number of anilines is 2. The van der Waals surface area contributed by atoms with Crippen molar-refractivity contribution >= 4 is 28.3 Å². The molecule has 3 heterocycles. The Morgan fingerprint density at radius 3 is 2.71 bits per heavy atom. The molecule has 180 valence electrons. The van der Waals surface area contributed by atoms with Crippen LogP contribution < -0.4 is 15.8 Å². The number of rotatable bonds is 7. The van der Waals surface area contributed by atoms with Gasteiger partial charge >= 0.3 is 6.18 Å². The molecule has 1 aliphatic heterocycles. The molecule has 0 amide bonds. The fourth-order valence-corrected chi connectivity index (χ4v) is 3.93. The minimum Gasteiger partial charge on any atom is -0.468 e. The van der Waals surface area contributed by atoms with Crippen LogP contribution in [0.3, 0.4) is 0 Å². The van der Waals surface area contributed by atoms with Gasteiger partial charge in [-0.3, -0.25) is 5.41 Å². The monoisotopic (exact) mass is 473 g/mol. The highest BCUT2D eigenvalue weighted by Gasteiger charge is 2.28. The molecule has 1 fully saturated rings. The third-order valence-electron chi connectivity index (χ3n) is 5.86. The SMILES string of the molecule is CN1CCC(CNc2ncnc(N)c2C(=N)c2ccc3nc(OCC(F)(F)F)ccc3c2)CC1. The van der Waals surface area contributed by atoms with E-state index in [4.69, 9.17) is 15.9 Å². The molecule has 0 aliphatic carbocycles. The van der Waals surface area contributed by atoms with Crippen molar-refractivity contribution in [2.45, 2.75) is 19.0 Å². The fourth-order valence-electron chi connectivity index (χ4n) is 3.93. The van der Waals surface area contributed by atoms with E-state index in [0.717, 1.165) is 32.5 Å². The Hall–Kier alpha value is -3.47. The summed E-state index contributed by atoms with van der Waals surface area (Å²) in [5.74, 6) is 1.09. The number of ether oxygens (including phenoxy) is 1. The molecule has 0 spiro atoms. The van der Waals surface area contributed by atoms with Gasteiger partial charge in [0.05, 0.1) is 16.8 Å². The van der Waals surface area contributed by atoms with Crippen molar-refractivity contribution < 1.29 is 17.9 Å². The summed E-state index contributed by atoms with van der Waals surface area (Å²) in [5, 5.41) is 12.8. The van der Waals surface area contributed by atoms with Gasteiger partial charge in [0.15, 0.2) is 6.61 Å². The summed E-state index contributed by atoms with van der Waals surface area (Å²) >= 11 is 0. The van der Waals surface area contributed by atoms with Crippen LogP contribution in [-0.2, 0) is 0 Å². The second-order valence-electron chi connectivity index (χ2n) is 8.45. The van der Waals surface area contributed by atoms with Crippen LogP contribution in [0, 0.1) is 11.3 Å². The summed E-state index contributed by atoms with van der Waals surface area (Å²) < 4.78 is 41.9. The Morgan fingerprint density at radius 2 is 1.97 bits per heavy atom. The number of hydrogen-bond donors (Lipinski definition) is 3. The Labute approximate surface area is 194 Å². The number of benzene rings is 1. The number of pyridine rings is 1. The summed E-state index contributed by atoms with van der Waals surface area (Å²) in [6.07, 6.45) is -0.894.